The van der Waals surface area contributed by atoms with Gasteiger partial charge in [0.2, 0.25) is 11.6 Å². The fourth-order valence-electron chi connectivity index (χ4n) is 1.09. The second-order valence-corrected chi connectivity index (χ2v) is 2.80. The van der Waals surface area contributed by atoms with Crippen molar-refractivity contribution in [1.82, 2.24) is 0 Å². The highest BCUT2D eigenvalue weighted by atomic mass is 19.2. The summed E-state index contributed by atoms with van der Waals surface area (Å²) < 4.78 is 38.5. The van der Waals surface area contributed by atoms with Gasteiger partial charge in [-0.05, 0) is 19.4 Å². The number of nitro benzene ring substituents is 1. The molecule has 14 heavy (non-hydrogen) atoms. The summed E-state index contributed by atoms with van der Waals surface area (Å²) in [5.41, 5.74) is -1.47. The molecule has 0 heterocycles. The van der Waals surface area contributed by atoms with Crippen LogP contribution >= 0.6 is 0 Å². The van der Waals surface area contributed by atoms with E-state index in [1.54, 1.807) is 0 Å². The van der Waals surface area contributed by atoms with Crippen molar-refractivity contribution in [3.63, 3.8) is 0 Å². The first-order chi connectivity index (χ1) is 6.37. The smallest absolute Gasteiger partial charge is 0.258 e. The molecule has 0 radical (unpaired) electrons. The van der Waals surface area contributed by atoms with Crippen LogP contribution in [0.3, 0.4) is 0 Å². The number of nitrogens with zero attached hydrogens (tertiary/aromatic N) is 1. The van der Waals surface area contributed by atoms with Gasteiger partial charge in [-0.25, -0.2) is 8.78 Å². The lowest BCUT2D eigenvalue weighted by molar-refractivity contribution is -0.388. The van der Waals surface area contributed by atoms with Gasteiger partial charge in [-0.1, -0.05) is 0 Å². The molecule has 1 rings (SSSR count). The van der Waals surface area contributed by atoms with E-state index in [1.165, 1.54) is 6.92 Å². The zero-order valence-electron chi connectivity index (χ0n) is 7.40. The number of halogens is 3. The van der Waals surface area contributed by atoms with Crippen LogP contribution in [0.25, 0.3) is 0 Å². The van der Waals surface area contributed by atoms with Crippen LogP contribution in [0.4, 0.5) is 18.9 Å². The Morgan fingerprint density at radius 2 is 1.50 bits per heavy atom. The Morgan fingerprint density at radius 1 is 1.00 bits per heavy atom. The van der Waals surface area contributed by atoms with E-state index in [9.17, 15) is 23.3 Å². The maximum atomic E-state index is 12.9. The average Bonchev–Trinajstić information content (AvgIpc) is 2.11. The monoisotopic (exact) mass is 205 g/mol. The lowest BCUT2D eigenvalue weighted by atomic mass is 10.1. The van der Waals surface area contributed by atoms with Gasteiger partial charge in [0, 0.05) is 5.56 Å². The van der Waals surface area contributed by atoms with Gasteiger partial charge >= 0.3 is 5.69 Å². The summed E-state index contributed by atoms with van der Waals surface area (Å²) in [7, 11) is 0. The van der Waals surface area contributed by atoms with Crippen molar-refractivity contribution in [2.45, 2.75) is 13.8 Å². The molecule has 0 unspecified atom stereocenters. The van der Waals surface area contributed by atoms with Crippen LogP contribution < -0.4 is 0 Å². The van der Waals surface area contributed by atoms with E-state index in [1.807, 2.05) is 0 Å². The minimum absolute atomic E-state index is 0.202. The fourth-order valence-corrected chi connectivity index (χ4v) is 1.09. The van der Waals surface area contributed by atoms with Crippen LogP contribution in [0.5, 0.6) is 0 Å². The van der Waals surface area contributed by atoms with Crippen molar-refractivity contribution in [3.8, 4) is 0 Å². The topological polar surface area (TPSA) is 43.1 Å². The summed E-state index contributed by atoms with van der Waals surface area (Å²) in [6.07, 6.45) is 0. The van der Waals surface area contributed by atoms with Gasteiger partial charge in [0.25, 0.3) is 0 Å². The number of rotatable bonds is 1. The quantitative estimate of drug-likeness (QED) is 0.401. The molecule has 3 nitrogen and oxygen atoms in total. The van der Waals surface area contributed by atoms with Gasteiger partial charge in [-0.15, -0.1) is 0 Å². The predicted molar refractivity (Wildman–Crippen MR) is 42.4 cm³/mol. The third kappa shape index (κ3) is 1.32. The summed E-state index contributed by atoms with van der Waals surface area (Å²) in [5.74, 6) is -4.94. The van der Waals surface area contributed by atoms with E-state index in [0.717, 1.165) is 6.92 Å². The Morgan fingerprint density at radius 3 is 1.93 bits per heavy atom. The van der Waals surface area contributed by atoms with Crippen molar-refractivity contribution in [3.05, 3.63) is 38.7 Å². The molecule has 0 N–H and O–H groups in total. The molecular formula is C8H6F3NO2. The molecule has 0 amide bonds. The van der Waals surface area contributed by atoms with E-state index in [0.29, 0.717) is 0 Å². The Bertz CT molecular complexity index is 389. The van der Waals surface area contributed by atoms with Crippen molar-refractivity contribution in [2.24, 2.45) is 0 Å². The Balaban J connectivity index is 3.68. The van der Waals surface area contributed by atoms with Gasteiger partial charge in [-0.3, -0.25) is 10.1 Å². The number of benzene rings is 1. The van der Waals surface area contributed by atoms with Crippen LogP contribution in [-0.2, 0) is 0 Å². The first-order valence-corrected chi connectivity index (χ1v) is 3.66. The van der Waals surface area contributed by atoms with E-state index in [2.05, 4.69) is 0 Å². The van der Waals surface area contributed by atoms with Crippen molar-refractivity contribution >= 4 is 5.69 Å². The molecule has 1 aromatic rings. The summed E-state index contributed by atoms with van der Waals surface area (Å²) in [6.45, 7) is 2.32. The summed E-state index contributed by atoms with van der Waals surface area (Å²) >= 11 is 0. The summed E-state index contributed by atoms with van der Waals surface area (Å²) in [5, 5.41) is 10.3. The fraction of sp³-hybridized carbons (Fsp3) is 0.250. The van der Waals surface area contributed by atoms with Crippen molar-refractivity contribution in [1.29, 1.82) is 0 Å². The third-order valence-corrected chi connectivity index (χ3v) is 2.02. The molecule has 0 aromatic heterocycles. The Kier molecular flexibility index (Phi) is 2.46. The highest BCUT2D eigenvalue weighted by molar-refractivity contribution is 5.46. The number of nitro groups is 1. The zero-order valence-corrected chi connectivity index (χ0v) is 7.40. The molecule has 0 aliphatic carbocycles. The standard InChI is InChI=1S/C8H6F3NO2/c1-3-4(2)8(12(13)14)7(11)6(10)5(3)9/h1-2H3. The molecule has 0 aliphatic heterocycles. The lowest BCUT2D eigenvalue weighted by Crippen LogP contribution is -2.04. The molecule has 76 valence electrons. The first kappa shape index (κ1) is 10.5. The van der Waals surface area contributed by atoms with E-state index < -0.39 is 28.1 Å². The van der Waals surface area contributed by atoms with Crippen LogP contribution in [0.2, 0.25) is 0 Å². The average molecular weight is 205 g/mol. The molecule has 0 atom stereocenters. The molecule has 0 bridgehead atoms. The number of hydrogen-bond acceptors (Lipinski definition) is 2. The summed E-state index contributed by atoms with van der Waals surface area (Å²) in [4.78, 5) is 9.27. The largest absolute Gasteiger partial charge is 0.311 e. The lowest BCUT2D eigenvalue weighted by Gasteiger charge is -2.05. The minimum atomic E-state index is -1.81. The highest BCUT2D eigenvalue weighted by Gasteiger charge is 2.27. The van der Waals surface area contributed by atoms with Gasteiger partial charge in [0.15, 0.2) is 5.82 Å². The number of hydrogen-bond donors (Lipinski definition) is 0. The third-order valence-electron chi connectivity index (χ3n) is 2.02. The normalized spacial score (nSPS) is 10.4. The van der Waals surface area contributed by atoms with Crippen LogP contribution in [0, 0.1) is 41.4 Å². The molecule has 1 aromatic carbocycles. The van der Waals surface area contributed by atoms with Crippen LogP contribution in [0.15, 0.2) is 0 Å². The predicted octanol–water partition coefficient (Wildman–Crippen LogP) is 2.63. The van der Waals surface area contributed by atoms with Gasteiger partial charge in [0.1, 0.15) is 0 Å². The highest BCUT2D eigenvalue weighted by Crippen LogP contribution is 2.29. The Labute approximate surface area is 77.3 Å². The van der Waals surface area contributed by atoms with Gasteiger partial charge in [-0.2, -0.15) is 4.39 Å². The maximum absolute atomic E-state index is 12.9. The van der Waals surface area contributed by atoms with Gasteiger partial charge in [0.05, 0.1) is 4.92 Å². The maximum Gasteiger partial charge on any atom is 0.311 e. The van der Waals surface area contributed by atoms with Crippen LogP contribution in [0.1, 0.15) is 11.1 Å². The van der Waals surface area contributed by atoms with E-state index >= 15 is 0 Å². The molecule has 0 saturated carbocycles. The minimum Gasteiger partial charge on any atom is -0.258 e. The van der Waals surface area contributed by atoms with E-state index in [4.69, 9.17) is 0 Å². The van der Waals surface area contributed by atoms with Gasteiger partial charge < -0.3 is 0 Å². The second kappa shape index (κ2) is 3.28. The SMILES string of the molecule is Cc1c(C)c([N+](=O)[O-])c(F)c(F)c1F. The summed E-state index contributed by atoms with van der Waals surface area (Å²) in [6, 6.07) is 0. The molecule has 0 saturated heterocycles. The van der Waals surface area contributed by atoms with Crippen molar-refractivity contribution < 1.29 is 18.1 Å². The second-order valence-electron chi connectivity index (χ2n) is 2.80. The molecule has 0 fully saturated rings. The molecule has 0 aliphatic rings. The molecule has 0 spiro atoms. The van der Waals surface area contributed by atoms with Crippen molar-refractivity contribution in [2.75, 3.05) is 0 Å². The molecule has 6 heteroatoms. The zero-order chi connectivity index (χ0) is 11.0. The molecular weight excluding hydrogens is 199 g/mol. The first-order valence-electron chi connectivity index (χ1n) is 3.66. The van der Waals surface area contributed by atoms with Crippen LogP contribution in [-0.4, -0.2) is 4.92 Å². The van der Waals surface area contributed by atoms with E-state index in [-0.39, 0.29) is 11.1 Å². The Hall–Kier alpha value is -1.59.